The van der Waals surface area contributed by atoms with Gasteiger partial charge in [0.1, 0.15) is 5.75 Å². The number of amides is 2. The minimum atomic E-state index is -0.689. The van der Waals surface area contributed by atoms with Crippen LogP contribution in [0.4, 0.5) is 4.79 Å². The van der Waals surface area contributed by atoms with Gasteiger partial charge in [0.2, 0.25) is 0 Å². The summed E-state index contributed by atoms with van der Waals surface area (Å²) < 4.78 is 5.33. The summed E-state index contributed by atoms with van der Waals surface area (Å²) >= 11 is 0. The van der Waals surface area contributed by atoms with Crippen molar-refractivity contribution in [3.63, 3.8) is 0 Å². The average molecular weight is 292 g/mol. The highest BCUT2D eigenvalue weighted by Crippen LogP contribution is 2.30. The predicted octanol–water partition coefficient (Wildman–Crippen LogP) is 2.01. The molecule has 2 rings (SSSR count). The summed E-state index contributed by atoms with van der Waals surface area (Å²) in [6.07, 6.45) is 2.57. The Hall–Kier alpha value is -1.75. The molecule has 0 aromatic heterocycles. The van der Waals surface area contributed by atoms with E-state index in [-0.39, 0.29) is 11.9 Å². The van der Waals surface area contributed by atoms with Crippen LogP contribution in [-0.4, -0.2) is 36.9 Å². The van der Waals surface area contributed by atoms with E-state index >= 15 is 0 Å². The Bertz CT molecular complexity index is 486. The zero-order valence-electron chi connectivity index (χ0n) is 12.7. The first-order chi connectivity index (χ1) is 10.0. The molecule has 2 amide bonds. The Kier molecular flexibility index (Phi) is 5.07. The Labute approximate surface area is 125 Å². The van der Waals surface area contributed by atoms with E-state index in [1.165, 1.54) is 0 Å². The molecule has 1 unspecified atom stereocenters. The van der Waals surface area contributed by atoms with Crippen molar-refractivity contribution >= 4 is 6.03 Å². The number of urea groups is 1. The molecule has 1 fully saturated rings. The molecule has 1 saturated carbocycles. The van der Waals surface area contributed by atoms with Gasteiger partial charge in [-0.25, -0.2) is 4.79 Å². The third-order valence-corrected chi connectivity index (χ3v) is 4.10. The third-order valence-electron chi connectivity index (χ3n) is 4.10. The summed E-state index contributed by atoms with van der Waals surface area (Å²) in [5.74, 6) is 0.981. The highest BCUT2D eigenvalue weighted by molar-refractivity contribution is 5.74. The van der Waals surface area contributed by atoms with Crippen molar-refractivity contribution in [2.45, 2.75) is 37.7 Å². The molecule has 116 valence electrons. The van der Waals surface area contributed by atoms with Crippen molar-refractivity contribution in [2.75, 3.05) is 20.2 Å². The third kappa shape index (κ3) is 4.11. The number of rotatable bonds is 6. The van der Waals surface area contributed by atoms with Crippen LogP contribution in [0.5, 0.6) is 5.75 Å². The van der Waals surface area contributed by atoms with Gasteiger partial charge in [0.25, 0.3) is 0 Å². The number of hydrogen-bond acceptors (Lipinski definition) is 3. The molecule has 1 aromatic carbocycles. The van der Waals surface area contributed by atoms with Gasteiger partial charge in [-0.15, -0.1) is 0 Å². The largest absolute Gasteiger partial charge is 0.496 e. The maximum atomic E-state index is 11.8. The van der Waals surface area contributed by atoms with Crippen LogP contribution < -0.4 is 15.4 Å². The maximum absolute atomic E-state index is 11.8. The van der Waals surface area contributed by atoms with Crippen molar-refractivity contribution in [2.24, 2.45) is 0 Å². The molecule has 5 heteroatoms. The lowest BCUT2D eigenvalue weighted by molar-refractivity contribution is -0.0290. The predicted molar refractivity (Wildman–Crippen MR) is 81.6 cm³/mol. The van der Waals surface area contributed by atoms with Crippen molar-refractivity contribution in [1.29, 1.82) is 0 Å². The highest BCUT2D eigenvalue weighted by Gasteiger charge is 2.34. The number of nitrogens with one attached hydrogen (secondary N) is 2. The molecule has 21 heavy (non-hydrogen) atoms. The fourth-order valence-electron chi connectivity index (χ4n) is 2.50. The molecule has 5 nitrogen and oxygen atoms in total. The fourth-order valence-corrected chi connectivity index (χ4v) is 2.50. The van der Waals surface area contributed by atoms with Crippen LogP contribution >= 0.6 is 0 Å². The summed E-state index contributed by atoms with van der Waals surface area (Å²) in [6.45, 7) is 2.88. The van der Waals surface area contributed by atoms with Crippen molar-refractivity contribution in [1.82, 2.24) is 10.6 Å². The van der Waals surface area contributed by atoms with Gasteiger partial charge >= 0.3 is 6.03 Å². The second-order valence-electron chi connectivity index (χ2n) is 5.78. The SMILES string of the molecule is COc1ccccc1C(C)CNC(=O)NCC1(O)CCC1. The molecule has 0 spiro atoms. The normalized spacial score (nSPS) is 17.5. The van der Waals surface area contributed by atoms with Crippen molar-refractivity contribution < 1.29 is 14.6 Å². The molecular weight excluding hydrogens is 268 g/mol. The molecule has 0 bridgehead atoms. The molecule has 0 saturated heterocycles. The molecule has 1 aromatic rings. The number of para-hydroxylation sites is 1. The van der Waals surface area contributed by atoms with Gasteiger partial charge in [0.15, 0.2) is 0 Å². The summed E-state index contributed by atoms with van der Waals surface area (Å²) in [5, 5.41) is 15.5. The zero-order chi connectivity index (χ0) is 15.3. The zero-order valence-corrected chi connectivity index (χ0v) is 12.7. The molecule has 1 atom stereocenters. The van der Waals surface area contributed by atoms with Gasteiger partial charge < -0.3 is 20.5 Å². The number of hydrogen-bond donors (Lipinski definition) is 3. The standard InChI is InChI=1S/C16H24N2O3/c1-12(13-6-3-4-7-14(13)21-2)10-17-15(19)18-11-16(20)8-5-9-16/h3-4,6-7,12,20H,5,8-11H2,1-2H3,(H2,17,18,19). The van der Waals surface area contributed by atoms with Crippen molar-refractivity contribution in [3.05, 3.63) is 29.8 Å². The minimum Gasteiger partial charge on any atom is -0.496 e. The minimum absolute atomic E-state index is 0.152. The van der Waals surface area contributed by atoms with E-state index < -0.39 is 5.60 Å². The summed E-state index contributed by atoms with van der Waals surface area (Å²) in [6, 6.07) is 7.56. The number of aliphatic hydroxyl groups is 1. The van der Waals surface area contributed by atoms with Crippen molar-refractivity contribution in [3.8, 4) is 5.75 Å². The number of carbonyl (C=O) groups is 1. The first-order valence-electron chi connectivity index (χ1n) is 7.41. The van der Waals surface area contributed by atoms with Gasteiger partial charge in [-0.2, -0.15) is 0 Å². The van der Waals surface area contributed by atoms with Gasteiger partial charge in [-0.3, -0.25) is 0 Å². The van der Waals surface area contributed by atoms with E-state index in [9.17, 15) is 9.90 Å². The molecule has 0 radical (unpaired) electrons. The maximum Gasteiger partial charge on any atom is 0.314 e. The molecule has 0 aliphatic heterocycles. The molecular formula is C16H24N2O3. The highest BCUT2D eigenvalue weighted by atomic mass is 16.5. The van der Waals surface area contributed by atoms with Crippen LogP contribution in [0.25, 0.3) is 0 Å². The lowest BCUT2D eigenvalue weighted by Gasteiger charge is -2.36. The molecule has 1 aliphatic rings. The van der Waals surface area contributed by atoms with Crippen LogP contribution in [0.15, 0.2) is 24.3 Å². The van der Waals surface area contributed by atoms with Gasteiger partial charge in [0, 0.05) is 19.0 Å². The lowest BCUT2D eigenvalue weighted by atomic mass is 9.80. The number of benzene rings is 1. The Morgan fingerprint density at radius 2 is 2.10 bits per heavy atom. The van der Waals surface area contributed by atoms with E-state index in [2.05, 4.69) is 10.6 Å². The average Bonchev–Trinajstić information content (AvgIpc) is 2.48. The number of ether oxygens (including phenoxy) is 1. The molecule has 1 aliphatic carbocycles. The second-order valence-corrected chi connectivity index (χ2v) is 5.78. The lowest BCUT2D eigenvalue weighted by Crippen LogP contribution is -2.50. The van der Waals surface area contributed by atoms with Crippen LogP contribution in [0.2, 0.25) is 0 Å². The van der Waals surface area contributed by atoms with Gasteiger partial charge in [-0.1, -0.05) is 25.1 Å². The summed E-state index contributed by atoms with van der Waals surface area (Å²) in [4.78, 5) is 11.8. The topological polar surface area (TPSA) is 70.6 Å². The Balaban J connectivity index is 1.77. The van der Waals surface area contributed by atoms with Crippen LogP contribution in [0, 0.1) is 0 Å². The Morgan fingerprint density at radius 1 is 1.38 bits per heavy atom. The first kappa shape index (κ1) is 15.6. The van der Waals surface area contributed by atoms with Gasteiger partial charge in [-0.05, 0) is 30.9 Å². The van der Waals surface area contributed by atoms with E-state index in [0.717, 1.165) is 30.6 Å². The quantitative estimate of drug-likeness (QED) is 0.751. The smallest absolute Gasteiger partial charge is 0.314 e. The van der Waals surface area contributed by atoms with Crippen LogP contribution in [0.3, 0.4) is 0 Å². The van der Waals surface area contributed by atoms with E-state index in [4.69, 9.17) is 4.74 Å². The van der Waals surface area contributed by atoms with Gasteiger partial charge in [0.05, 0.1) is 12.7 Å². The number of methoxy groups -OCH3 is 1. The summed E-state index contributed by atoms with van der Waals surface area (Å²) in [5.41, 5.74) is 0.379. The summed E-state index contributed by atoms with van der Waals surface area (Å²) in [7, 11) is 1.64. The van der Waals surface area contributed by atoms with Crippen LogP contribution in [-0.2, 0) is 0 Å². The monoisotopic (exact) mass is 292 g/mol. The second kappa shape index (κ2) is 6.80. The first-order valence-corrected chi connectivity index (χ1v) is 7.41. The van der Waals surface area contributed by atoms with E-state index in [0.29, 0.717) is 13.1 Å². The van der Waals surface area contributed by atoms with E-state index in [1.807, 2.05) is 31.2 Å². The van der Waals surface area contributed by atoms with Crippen LogP contribution in [0.1, 0.15) is 37.7 Å². The molecule has 3 N–H and O–H groups in total. The fraction of sp³-hybridized carbons (Fsp3) is 0.562. The van der Waals surface area contributed by atoms with E-state index in [1.54, 1.807) is 7.11 Å². The number of carbonyl (C=O) groups excluding carboxylic acids is 1. The molecule has 0 heterocycles. The Morgan fingerprint density at radius 3 is 2.71 bits per heavy atom.